The van der Waals surface area contributed by atoms with Crippen molar-refractivity contribution >= 4 is 23.5 Å². The number of aliphatic carboxylic acids is 1. The van der Waals surface area contributed by atoms with E-state index in [1.807, 2.05) is 0 Å². The Kier molecular flexibility index (Phi) is 3.37. The average Bonchev–Trinajstić information content (AvgIpc) is 2.22. The number of hydrogen-bond acceptors (Lipinski definition) is 3. The molecule has 0 radical (unpaired) electrons. The van der Waals surface area contributed by atoms with Gasteiger partial charge in [-0.25, -0.2) is 18.4 Å². The molecule has 0 unspecified atom stereocenters. The third kappa shape index (κ3) is 2.74. The fourth-order valence-corrected chi connectivity index (χ4v) is 1.00. The van der Waals surface area contributed by atoms with E-state index in [-0.39, 0.29) is 0 Å². The number of carboxylic acid groups (broad SMARTS) is 2. The summed E-state index contributed by atoms with van der Waals surface area (Å²) in [6, 6.07) is 0.731. The van der Waals surface area contributed by atoms with Crippen LogP contribution in [-0.4, -0.2) is 28.1 Å². The molecule has 17 heavy (non-hydrogen) atoms. The normalized spacial score (nSPS) is 9.76. The largest absolute Gasteiger partial charge is 0.478 e. The van der Waals surface area contributed by atoms with Crippen molar-refractivity contribution in [3.63, 3.8) is 0 Å². The van der Waals surface area contributed by atoms with Gasteiger partial charge in [-0.1, -0.05) is 0 Å². The molecule has 90 valence electrons. The molecule has 0 bridgehead atoms. The minimum absolute atomic E-state index is 0.342. The molecule has 3 N–H and O–H groups in total. The molecule has 0 heterocycles. The second-order valence-electron chi connectivity index (χ2n) is 2.88. The van der Waals surface area contributed by atoms with Crippen molar-refractivity contribution in [1.29, 1.82) is 0 Å². The Morgan fingerprint density at radius 1 is 1.06 bits per heavy atom. The van der Waals surface area contributed by atoms with Gasteiger partial charge in [0.1, 0.15) is 0 Å². The van der Waals surface area contributed by atoms with Crippen molar-refractivity contribution in [2.75, 3.05) is 5.32 Å². The maximum absolute atomic E-state index is 12.8. The smallest absolute Gasteiger partial charge is 0.394 e. The minimum atomic E-state index is -1.88. The number of carboxylic acids is 2. The lowest BCUT2D eigenvalue weighted by Crippen LogP contribution is -2.23. The number of rotatable bonds is 2. The second kappa shape index (κ2) is 4.56. The molecule has 0 fully saturated rings. The predicted molar refractivity (Wildman–Crippen MR) is 49.6 cm³/mol. The summed E-state index contributed by atoms with van der Waals surface area (Å²) in [4.78, 5) is 31.6. The van der Waals surface area contributed by atoms with E-state index in [4.69, 9.17) is 10.2 Å². The van der Waals surface area contributed by atoms with Gasteiger partial charge in [0.2, 0.25) is 0 Å². The monoisotopic (exact) mass is 245 g/mol. The van der Waals surface area contributed by atoms with Crippen LogP contribution >= 0.6 is 0 Å². The first kappa shape index (κ1) is 12.6. The summed E-state index contributed by atoms with van der Waals surface area (Å²) in [5, 5.41) is 18.5. The van der Waals surface area contributed by atoms with Crippen molar-refractivity contribution in [3.8, 4) is 0 Å². The molecule has 0 aliphatic rings. The molecule has 1 aromatic carbocycles. The van der Waals surface area contributed by atoms with Crippen LogP contribution in [0.1, 0.15) is 10.4 Å². The van der Waals surface area contributed by atoms with Crippen LogP contribution in [0, 0.1) is 11.6 Å². The maximum atomic E-state index is 12.8. The van der Waals surface area contributed by atoms with E-state index in [2.05, 4.69) is 0 Å². The summed E-state index contributed by atoms with van der Waals surface area (Å²) in [5.74, 6) is -7.90. The second-order valence-corrected chi connectivity index (χ2v) is 2.88. The topological polar surface area (TPSA) is 104 Å². The highest BCUT2D eigenvalue weighted by Gasteiger charge is 2.19. The lowest BCUT2D eigenvalue weighted by Gasteiger charge is -2.07. The Morgan fingerprint density at radius 3 is 2.06 bits per heavy atom. The van der Waals surface area contributed by atoms with E-state index in [1.54, 1.807) is 5.32 Å². The molecule has 0 aliphatic heterocycles. The van der Waals surface area contributed by atoms with Gasteiger partial charge in [-0.3, -0.25) is 4.79 Å². The first-order valence-corrected chi connectivity index (χ1v) is 4.09. The summed E-state index contributed by atoms with van der Waals surface area (Å²) in [5.41, 5.74) is -1.39. The highest BCUT2D eigenvalue weighted by atomic mass is 19.2. The quantitative estimate of drug-likeness (QED) is 0.665. The number of carbonyl (C=O) groups excluding carboxylic acids is 1. The number of nitrogens with one attached hydrogen (secondary N) is 1. The fourth-order valence-electron chi connectivity index (χ4n) is 1.00. The van der Waals surface area contributed by atoms with E-state index >= 15 is 0 Å². The van der Waals surface area contributed by atoms with E-state index in [0.29, 0.717) is 12.1 Å². The van der Waals surface area contributed by atoms with Crippen LogP contribution in [0.25, 0.3) is 0 Å². The van der Waals surface area contributed by atoms with Gasteiger partial charge in [-0.15, -0.1) is 0 Å². The Labute approximate surface area is 92.5 Å². The Bertz CT molecular complexity index is 514. The molecule has 0 spiro atoms. The third-order valence-corrected chi connectivity index (χ3v) is 1.73. The molecule has 0 aromatic heterocycles. The van der Waals surface area contributed by atoms with Crippen molar-refractivity contribution < 1.29 is 33.4 Å². The van der Waals surface area contributed by atoms with Gasteiger partial charge in [0.15, 0.2) is 11.6 Å². The number of carbonyl (C=O) groups is 3. The highest BCUT2D eigenvalue weighted by Crippen LogP contribution is 2.20. The van der Waals surface area contributed by atoms with Gasteiger partial charge >= 0.3 is 17.8 Å². The summed E-state index contributed by atoms with van der Waals surface area (Å²) in [6.45, 7) is 0. The SMILES string of the molecule is O=C(O)C(=O)Nc1cc(F)c(F)cc1C(=O)O. The standard InChI is InChI=1S/C9H5F2NO5/c10-4-1-3(8(14)15)6(2-5(4)11)12-7(13)9(16)17/h1-2H,(H,12,13)(H,14,15)(H,16,17). The minimum Gasteiger partial charge on any atom is -0.478 e. The predicted octanol–water partition coefficient (Wildman–Crippen LogP) is 0.686. The van der Waals surface area contributed by atoms with Crippen LogP contribution in [0.2, 0.25) is 0 Å². The van der Waals surface area contributed by atoms with Crippen LogP contribution in [0.3, 0.4) is 0 Å². The number of anilines is 1. The van der Waals surface area contributed by atoms with Crippen LogP contribution in [-0.2, 0) is 9.59 Å². The zero-order valence-corrected chi connectivity index (χ0v) is 8.03. The van der Waals surface area contributed by atoms with Crippen LogP contribution in [0.5, 0.6) is 0 Å². The van der Waals surface area contributed by atoms with Gasteiger partial charge in [-0.2, -0.15) is 0 Å². The van der Waals surface area contributed by atoms with E-state index in [1.165, 1.54) is 0 Å². The van der Waals surface area contributed by atoms with Crippen molar-refractivity contribution in [1.82, 2.24) is 0 Å². The number of benzene rings is 1. The summed E-state index contributed by atoms with van der Waals surface area (Å²) in [6.07, 6.45) is 0. The summed E-state index contributed by atoms with van der Waals surface area (Å²) >= 11 is 0. The molecule has 0 atom stereocenters. The lowest BCUT2D eigenvalue weighted by molar-refractivity contribution is -0.147. The van der Waals surface area contributed by atoms with Crippen molar-refractivity contribution in [3.05, 3.63) is 29.3 Å². The van der Waals surface area contributed by atoms with Crippen LogP contribution in [0.15, 0.2) is 12.1 Å². The van der Waals surface area contributed by atoms with Crippen LogP contribution < -0.4 is 5.32 Å². The Balaban J connectivity index is 3.22. The van der Waals surface area contributed by atoms with E-state index in [0.717, 1.165) is 0 Å². The first-order valence-electron chi connectivity index (χ1n) is 4.09. The number of hydrogen-bond donors (Lipinski definition) is 3. The third-order valence-electron chi connectivity index (χ3n) is 1.73. The average molecular weight is 245 g/mol. The molecular formula is C9H5F2NO5. The van der Waals surface area contributed by atoms with E-state index < -0.39 is 40.7 Å². The van der Waals surface area contributed by atoms with Crippen LogP contribution in [0.4, 0.5) is 14.5 Å². The highest BCUT2D eigenvalue weighted by molar-refractivity contribution is 6.36. The van der Waals surface area contributed by atoms with Gasteiger partial charge in [0.05, 0.1) is 11.3 Å². The summed E-state index contributed by atoms with van der Waals surface area (Å²) in [7, 11) is 0. The van der Waals surface area contributed by atoms with E-state index in [9.17, 15) is 23.2 Å². The maximum Gasteiger partial charge on any atom is 0.394 e. The van der Waals surface area contributed by atoms with Gasteiger partial charge < -0.3 is 15.5 Å². The molecule has 0 saturated carbocycles. The molecule has 0 aliphatic carbocycles. The Morgan fingerprint density at radius 2 is 1.59 bits per heavy atom. The molecule has 1 aromatic rings. The Hall–Kier alpha value is -2.51. The lowest BCUT2D eigenvalue weighted by atomic mass is 10.1. The molecule has 8 heteroatoms. The first-order chi connectivity index (χ1) is 7.82. The summed E-state index contributed by atoms with van der Waals surface area (Å²) < 4.78 is 25.6. The zero-order chi connectivity index (χ0) is 13.2. The molecule has 0 saturated heterocycles. The molecule has 1 amide bonds. The van der Waals surface area contributed by atoms with Crippen molar-refractivity contribution in [2.24, 2.45) is 0 Å². The number of aromatic carboxylic acids is 1. The molecule has 1 rings (SSSR count). The molecule has 6 nitrogen and oxygen atoms in total. The van der Waals surface area contributed by atoms with Gasteiger partial charge in [0, 0.05) is 6.07 Å². The number of amides is 1. The molecular weight excluding hydrogens is 240 g/mol. The fraction of sp³-hybridized carbons (Fsp3) is 0. The number of halogens is 2. The van der Waals surface area contributed by atoms with Crippen molar-refractivity contribution in [2.45, 2.75) is 0 Å². The zero-order valence-electron chi connectivity index (χ0n) is 8.03. The van der Waals surface area contributed by atoms with Gasteiger partial charge in [0.25, 0.3) is 0 Å². The van der Waals surface area contributed by atoms with Gasteiger partial charge in [-0.05, 0) is 6.07 Å².